The maximum atomic E-state index is 11.1. The summed E-state index contributed by atoms with van der Waals surface area (Å²) in [5.41, 5.74) is 2.57. The van der Waals surface area contributed by atoms with Gasteiger partial charge in [0.2, 0.25) is 0 Å². The number of carboxylic acids is 1. The van der Waals surface area contributed by atoms with Gasteiger partial charge in [0.05, 0.1) is 5.69 Å². The van der Waals surface area contributed by atoms with Gasteiger partial charge >= 0.3 is 5.97 Å². The van der Waals surface area contributed by atoms with Gasteiger partial charge < -0.3 is 5.11 Å². The fraction of sp³-hybridized carbons (Fsp3) is 0.231. The molecule has 3 nitrogen and oxygen atoms in total. The van der Waals surface area contributed by atoms with Crippen molar-refractivity contribution in [2.75, 3.05) is 0 Å². The number of aryl methyl sites for hydroxylation is 2. The van der Waals surface area contributed by atoms with Crippen LogP contribution in [0.2, 0.25) is 5.02 Å². The van der Waals surface area contributed by atoms with Crippen molar-refractivity contribution in [3.05, 3.63) is 39.4 Å². The van der Waals surface area contributed by atoms with E-state index in [1.807, 2.05) is 26.0 Å². The maximum absolute atomic E-state index is 11.1. The molecule has 0 unspecified atom stereocenters. The van der Waals surface area contributed by atoms with Crippen molar-refractivity contribution in [1.82, 2.24) is 4.98 Å². The minimum absolute atomic E-state index is 0.321. The Hall–Kier alpha value is -1.39. The van der Waals surface area contributed by atoms with E-state index < -0.39 is 5.97 Å². The van der Waals surface area contributed by atoms with E-state index in [0.717, 1.165) is 16.1 Å². The van der Waals surface area contributed by atoms with Gasteiger partial charge in [0.25, 0.3) is 0 Å². The van der Waals surface area contributed by atoms with Crippen molar-refractivity contribution in [1.29, 1.82) is 0 Å². The molecule has 1 heterocycles. The Morgan fingerprint density at radius 2 is 2.22 bits per heavy atom. The van der Waals surface area contributed by atoms with E-state index in [4.69, 9.17) is 16.7 Å². The fourth-order valence-corrected chi connectivity index (χ4v) is 3.05. The summed E-state index contributed by atoms with van der Waals surface area (Å²) in [6, 6.07) is 5.52. The van der Waals surface area contributed by atoms with Crippen LogP contribution in [0.25, 0.3) is 10.6 Å². The third-order valence-electron chi connectivity index (χ3n) is 2.65. The summed E-state index contributed by atoms with van der Waals surface area (Å²) in [5, 5.41) is 10.5. The molecule has 0 bridgehead atoms. The Balaban J connectivity index is 2.54. The summed E-state index contributed by atoms with van der Waals surface area (Å²) in [6.45, 7) is 3.84. The lowest BCUT2D eigenvalue weighted by atomic mass is 10.1. The number of benzene rings is 1. The number of carbonyl (C=O) groups is 1. The summed E-state index contributed by atoms with van der Waals surface area (Å²) in [5.74, 6) is -0.915. The zero-order valence-electron chi connectivity index (χ0n) is 10.0. The summed E-state index contributed by atoms with van der Waals surface area (Å²) in [6.07, 6.45) is 0.616. The Morgan fingerprint density at radius 1 is 1.50 bits per heavy atom. The predicted octanol–water partition coefficient (Wildman–Crippen LogP) is 4.03. The Labute approximate surface area is 114 Å². The number of nitrogens with zero attached hydrogens (tertiary/aromatic N) is 1. The molecule has 0 atom stereocenters. The monoisotopic (exact) mass is 281 g/mol. The van der Waals surface area contributed by atoms with Crippen molar-refractivity contribution in [2.24, 2.45) is 0 Å². The van der Waals surface area contributed by atoms with Gasteiger partial charge in [-0.3, -0.25) is 0 Å². The molecule has 0 radical (unpaired) electrons. The van der Waals surface area contributed by atoms with Crippen molar-refractivity contribution in [3.63, 3.8) is 0 Å². The van der Waals surface area contributed by atoms with Crippen molar-refractivity contribution in [3.8, 4) is 10.6 Å². The van der Waals surface area contributed by atoms with Crippen LogP contribution in [0.15, 0.2) is 18.2 Å². The van der Waals surface area contributed by atoms with Crippen LogP contribution >= 0.6 is 22.9 Å². The first-order valence-electron chi connectivity index (χ1n) is 5.52. The zero-order chi connectivity index (χ0) is 13.3. The number of halogens is 1. The van der Waals surface area contributed by atoms with Crippen LogP contribution in [0.3, 0.4) is 0 Å². The third-order valence-corrected chi connectivity index (χ3v) is 4.00. The van der Waals surface area contributed by atoms with Crippen LogP contribution in [-0.2, 0) is 6.42 Å². The highest BCUT2D eigenvalue weighted by Crippen LogP contribution is 2.31. The van der Waals surface area contributed by atoms with Crippen LogP contribution in [0.5, 0.6) is 0 Å². The number of aromatic nitrogens is 1. The average molecular weight is 282 g/mol. The SMILES string of the molecule is CCc1nc(-c2ccc(Cl)cc2C)sc1C(=O)O. The molecule has 94 valence electrons. The topological polar surface area (TPSA) is 50.2 Å². The molecule has 0 spiro atoms. The highest BCUT2D eigenvalue weighted by molar-refractivity contribution is 7.17. The number of carboxylic acid groups (broad SMARTS) is 1. The molecule has 1 aromatic heterocycles. The molecule has 2 aromatic rings. The van der Waals surface area contributed by atoms with E-state index in [9.17, 15) is 4.79 Å². The Bertz CT molecular complexity index is 607. The fourth-order valence-electron chi connectivity index (χ4n) is 1.74. The van der Waals surface area contributed by atoms with Crippen molar-refractivity contribution >= 4 is 28.9 Å². The normalized spacial score (nSPS) is 10.6. The smallest absolute Gasteiger partial charge is 0.347 e. The molecular formula is C13H12ClNO2S. The molecule has 5 heteroatoms. The van der Waals surface area contributed by atoms with Crippen molar-refractivity contribution < 1.29 is 9.90 Å². The predicted molar refractivity (Wildman–Crippen MR) is 73.6 cm³/mol. The van der Waals surface area contributed by atoms with Crippen LogP contribution < -0.4 is 0 Å². The van der Waals surface area contributed by atoms with E-state index in [1.54, 1.807) is 6.07 Å². The zero-order valence-corrected chi connectivity index (χ0v) is 11.6. The van der Waals surface area contributed by atoms with E-state index in [0.29, 0.717) is 22.0 Å². The summed E-state index contributed by atoms with van der Waals surface area (Å²) >= 11 is 7.12. The first-order chi connectivity index (χ1) is 8.52. The molecule has 0 saturated carbocycles. The standard InChI is InChI=1S/C13H12ClNO2S/c1-3-10-11(13(16)17)18-12(15-10)9-5-4-8(14)6-7(9)2/h4-6H,3H2,1-2H3,(H,16,17). The lowest BCUT2D eigenvalue weighted by molar-refractivity contribution is 0.0701. The molecule has 0 aliphatic carbocycles. The number of hydrogen-bond acceptors (Lipinski definition) is 3. The van der Waals surface area contributed by atoms with Crippen LogP contribution in [0, 0.1) is 6.92 Å². The number of rotatable bonds is 3. The lowest BCUT2D eigenvalue weighted by Gasteiger charge is -2.01. The molecule has 0 amide bonds. The maximum Gasteiger partial charge on any atom is 0.347 e. The first-order valence-corrected chi connectivity index (χ1v) is 6.72. The largest absolute Gasteiger partial charge is 0.477 e. The molecule has 1 N–H and O–H groups in total. The minimum atomic E-state index is -0.915. The third kappa shape index (κ3) is 2.40. The highest BCUT2D eigenvalue weighted by Gasteiger charge is 2.17. The Kier molecular flexibility index (Phi) is 3.68. The van der Waals surface area contributed by atoms with Gasteiger partial charge in [0.1, 0.15) is 9.88 Å². The van der Waals surface area contributed by atoms with Gasteiger partial charge in [-0.15, -0.1) is 11.3 Å². The van der Waals surface area contributed by atoms with Crippen LogP contribution in [-0.4, -0.2) is 16.1 Å². The molecular weight excluding hydrogens is 270 g/mol. The number of thiazole rings is 1. The second-order valence-corrected chi connectivity index (χ2v) is 5.35. The van der Waals surface area contributed by atoms with Gasteiger partial charge in [-0.2, -0.15) is 0 Å². The first kappa shape index (κ1) is 13.1. The summed E-state index contributed by atoms with van der Waals surface area (Å²) in [4.78, 5) is 15.8. The molecule has 0 saturated heterocycles. The molecule has 18 heavy (non-hydrogen) atoms. The minimum Gasteiger partial charge on any atom is -0.477 e. The van der Waals surface area contributed by atoms with Gasteiger partial charge in [0, 0.05) is 10.6 Å². The second-order valence-electron chi connectivity index (χ2n) is 3.91. The average Bonchev–Trinajstić information content (AvgIpc) is 2.73. The highest BCUT2D eigenvalue weighted by atomic mass is 35.5. The van der Waals surface area contributed by atoms with Crippen LogP contribution in [0.1, 0.15) is 27.9 Å². The van der Waals surface area contributed by atoms with E-state index >= 15 is 0 Å². The quantitative estimate of drug-likeness (QED) is 0.924. The molecule has 0 aliphatic rings. The number of aromatic carboxylic acids is 1. The summed E-state index contributed by atoms with van der Waals surface area (Å²) < 4.78 is 0. The number of hydrogen-bond donors (Lipinski definition) is 1. The van der Waals surface area contributed by atoms with E-state index in [2.05, 4.69) is 4.98 Å². The van der Waals surface area contributed by atoms with Gasteiger partial charge in [-0.1, -0.05) is 24.6 Å². The molecule has 2 rings (SSSR count). The van der Waals surface area contributed by atoms with Gasteiger partial charge in [-0.25, -0.2) is 9.78 Å². The van der Waals surface area contributed by atoms with Crippen LogP contribution in [0.4, 0.5) is 0 Å². The van der Waals surface area contributed by atoms with Gasteiger partial charge in [-0.05, 0) is 31.0 Å². The lowest BCUT2D eigenvalue weighted by Crippen LogP contribution is -1.97. The van der Waals surface area contributed by atoms with E-state index in [-0.39, 0.29) is 0 Å². The van der Waals surface area contributed by atoms with Gasteiger partial charge in [0.15, 0.2) is 0 Å². The van der Waals surface area contributed by atoms with E-state index in [1.165, 1.54) is 11.3 Å². The molecule has 0 fully saturated rings. The molecule has 0 aliphatic heterocycles. The molecule has 1 aromatic carbocycles. The summed E-state index contributed by atoms with van der Waals surface area (Å²) in [7, 11) is 0. The van der Waals surface area contributed by atoms with Crippen molar-refractivity contribution in [2.45, 2.75) is 20.3 Å². The second kappa shape index (κ2) is 5.08. The Morgan fingerprint density at radius 3 is 2.72 bits per heavy atom.